The van der Waals surface area contributed by atoms with Gasteiger partial charge in [-0.05, 0) is 35.0 Å². The zero-order valence-corrected chi connectivity index (χ0v) is 13.8. The number of ether oxygens (including phenoxy) is 1. The van der Waals surface area contributed by atoms with E-state index >= 15 is 0 Å². The summed E-state index contributed by atoms with van der Waals surface area (Å²) >= 11 is 3.41. The number of fused-ring (bicyclic) bond motifs is 5. The molecule has 1 aliphatic rings. The first kappa shape index (κ1) is 14.1. The maximum Gasteiger partial charge on any atom is 0.358 e. The monoisotopic (exact) mass is 373 g/mol. The molecule has 2 aromatic heterocycles. The van der Waals surface area contributed by atoms with Crippen LogP contribution in [0.25, 0.3) is 17.1 Å². The molecule has 0 saturated carbocycles. The largest absolute Gasteiger partial charge is 0.461 e. The summed E-state index contributed by atoms with van der Waals surface area (Å²) in [4.78, 5) is 16.4. The Kier molecular flexibility index (Phi) is 3.26. The van der Waals surface area contributed by atoms with E-state index in [1.807, 2.05) is 33.4 Å². The van der Waals surface area contributed by atoms with E-state index in [9.17, 15) is 4.79 Å². The van der Waals surface area contributed by atoms with E-state index < -0.39 is 5.97 Å². The minimum Gasteiger partial charge on any atom is -0.461 e. The van der Waals surface area contributed by atoms with Crippen LogP contribution in [0, 0.1) is 0 Å². The molecule has 1 aromatic carbocycles. The molecule has 3 aromatic rings. The van der Waals surface area contributed by atoms with Crippen molar-refractivity contribution in [3.05, 3.63) is 46.7 Å². The Morgan fingerprint density at radius 1 is 1.35 bits per heavy atom. The summed E-state index contributed by atoms with van der Waals surface area (Å²) in [5.41, 5.74) is 2.90. The smallest absolute Gasteiger partial charge is 0.358 e. The first-order valence-corrected chi connectivity index (χ1v) is 7.91. The fourth-order valence-corrected chi connectivity index (χ4v) is 3.12. The zero-order chi connectivity index (χ0) is 16.0. The van der Waals surface area contributed by atoms with Gasteiger partial charge in [-0.25, -0.2) is 9.78 Å². The lowest BCUT2D eigenvalue weighted by Crippen LogP contribution is -2.12. The molecular formula is C15H12BrN5O2. The topological polar surface area (TPSA) is 74.8 Å². The van der Waals surface area contributed by atoms with Gasteiger partial charge in [-0.2, -0.15) is 0 Å². The molecule has 8 heteroatoms. The number of imidazole rings is 1. The number of para-hydroxylation sites is 1. The number of benzene rings is 1. The molecule has 0 atom stereocenters. The number of hydrogen-bond acceptors (Lipinski definition) is 5. The molecule has 1 aliphatic heterocycles. The summed E-state index contributed by atoms with van der Waals surface area (Å²) in [7, 11) is 0. The van der Waals surface area contributed by atoms with E-state index in [0.717, 1.165) is 22.8 Å². The number of aromatic nitrogens is 5. The lowest BCUT2D eigenvalue weighted by molar-refractivity contribution is 0.0518. The van der Waals surface area contributed by atoms with Crippen molar-refractivity contribution in [1.29, 1.82) is 0 Å². The second kappa shape index (κ2) is 5.31. The van der Waals surface area contributed by atoms with Gasteiger partial charge < -0.3 is 4.74 Å². The fraction of sp³-hybridized carbons (Fsp3) is 0.200. The Bertz CT molecular complexity index is 914. The molecule has 0 amide bonds. The summed E-state index contributed by atoms with van der Waals surface area (Å²) in [6.45, 7) is 2.51. The second-order valence-electron chi connectivity index (χ2n) is 5.03. The predicted octanol–water partition coefficient (Wildman–Crippen LogP) is 2.43. The van der Waals surface area contributed by atoms with E-state index in [2.05, 4.69) is 31.1 Å². The van der Waals surface area contributed by atoms with Crippen molar-refractivity contribution in [3.8, 4) is 17.1 Å². The summed E-state index contributed by atoms with van der Waals surface area (Å²) in [6, 6.07) is 7.82. The van der Waals surface area contributed by atoms with Crippen molar-refractivity contribution in [2.24, 2.45) is 0 Å². The lowest BCUT2D eigenvalue weighted by atomic mass is 10.1. The number of halogens is 1. The number of esters is 1. The molecule has 116 valence electrons. The number of carbonyl (C=O) groups excluding carboxylic acids is 1. The Hall–Kier alpha value is -2.48. The summed E-state index contributed by atoms with van der Waals surface area (Å²) in [5, 5.41) is 8.34. The summed E-state index contributed by atoms with van der Waals surface area (Å²) in [6.07, 6.45) is 1.65. The van der Waals surface area contributed by atoms with Crippen LogP contribution < -0.4 is 0 Å². The maximum atomic E-state index is 12.2. The van der Waals surface area contributed by atoms with Gasteiger partial charge in [-0.1, -0.05) is 12.1 Å². The van der Waals surface area contributed by atoms with E-state index in [-0.39, 0.29) is 0 Å². The Labute approximate surface area is 140 Å². The highest BCUT2D eigenvalue weighted by atomic mass is 79.9. The van der Waals surface area contributed by atoms with Crippen LogP contribution in [-0.2, 0) is 11.3 Å². The third-order valence-corrected chi connectivity index (χ3v) is 4.34. The average molecular weight is 374 g/mol. The highest BCUT2D eigenvalue weighted by Crippen LogP contribution is 2.33. The van der Waals surface area contributed by atoms with Crippen molar-refractivity contribution < 1.29 is 9.53 Å². The molecule has 0 aliphatic carbocycles. The summed E-state index contributed by atoms with van der Waals surface area (Å²) < 4.78 is 9.53. The summed E-state index contributed by atoms with van der Waals surface area (Å²) in [5.74, 6) is 0.317. The number of hydrogen-bond donors (Lipinski definition) is 0. The minimum absolute atomic E-state index is 0.309. The van der Waals surface area contributed by atoms with Gasteiger partial charge in [-0.3, -0.25) is 9.13 Å². The van der Waals surface area contributed by atoms with Crippen LogP contribution >= 0.6 is 15.9 Å². The molecule has 3 heterocycles. The van der Waals surface area contributed by atoms with Gasteiger partial charge in [0.15, 0.2) is 11.5 Å². The van der Waals surface area contributed by atoms with E-state index in [4.69, 9.17) is 4.74 Å². The maximum absolute atomic E-state index is 12.2. The van der Waals surface area contributed by atoms with Crippen molar-refractivity contribution in [2.75, 3.05) is 6.61 Å². The first-order valence-electron chi connectivity index (χ1n) is 7.12. The van der Waals surface area contributed by atoms with E-state index in [0.29, 0.717) is 23.6 Å². The standard InChI is InChI=1S/C15H12BrN5O2/c1-2-23-14(22)12-11-7-20-13(18-19-15(20)16)9-5-3-4-6-10(9)21(11)8-17-12/h3-6,8H,2,7H2,1H3. The van der Waals surface area contributed by atoms with Gasteiger partial charge in [-0.15, -0.1) is 10.2 Å². The fourth-order valence-electron chi connectivity index (χ4n) is 2.75. The molecule has 0 radical (unpaired) electrons. The Balaban J connectivity index is 1.99. The van der Waals surface area contributed by atoms with Gasteiger partial charge in [0, 0.05) is 5.56 Å². The predicted molar refractivity (Wildman–Crippen MR) is 85.3 cm³/mol. The molecule has 0 fully saturated rings. The van der Waals surface area contributed by atoms with Gasteiger partial charge in [0.1, 0.15) is 6.33 Å². The number of carbonyl (C=O) groups is 1. The third-order valence-electron chi connectivity index (χ3n) is 3.75. The van der Waals surface area contributed by atoms with Gasteiger partial charge >= 0.3 is 5.97 Å². The first-order chi connectivity index (χ1) is 11.2. The molecule has 7 nitrogen and oxygen atoms in total. The van der Waals surface area contributed by atoms with Gasteiger partial charge in [0.2, 0.25) is 4.73 Å². The Morgan fingerprint density at radius 3 is 3.00 bits per heavy atom. The number of rotatable bonds is 2. The third kappa shape index (κ3) is 2.09. The van der Waals surface area contributed by atoms with Crippen LogP contribution in [0.15, 0.2) is 35.3 Å². The molecule has 23 heavy (non-hydrogen) atoms. The molecule has 0 spiro atoms. The average Bonchev–Trinajstić information content (AvgIpc) is 3.09. The normalized spacial score (nSPS) is 12.1. The van der Waals surface area contributed by atoms with Crippen molar-refractivity contribution in [2.45, 2.75) is 13.5 Å². The Morgan fingerprint density at radius 2 is 2.17 bits per heavy atom. The van der Waals surface area contributed by atoms with Crippen molar-refractivity contribution in [3.63, 3.8) is 0 Å². The lowest BCUT2D eigenvalue weighted by Gasteiger charge is -2.08. The van der Waals surface area contributed by atoms with Crippen LogP contribution in [0.5, 0.6) is 0 Å². The van der Waals surface area contributed by atoms with Crippen LogP contribution in [-0.4, -0.2) is 36.9 Å². The highest BCUT2D eigenvalue weighted by molar-refractivity contribution is 9.10. The number of nitrogens with zero attached hydrogens (tertiary/aromatic N) is 5. The van der Waals surface area contributed by atoms with Gasteiger partial charge in [0.05, 0.1) is 24.5 Å². The van der Waals surface area contributed by atoms with Crippen molar-refractivity contribution >= 4 is 21.9 Å². The zero-order valence-electron chi connectivity index (χ0n) is 12.2. The molecule has 0 N–H and O–H groups in total. The minimum atomic E-state index is -0.425. The van der Waals surface area contributed by atoms with Crippen LogP contribution in [0.4, 0.5) is 0 Å². The molecule has 0 unspecified atom stereocenters. The van der Waals surface area contributed by atoms with Crippen LogP contribution in [0.3, 0.4) is 0 Å². The quantitative estimate of drug-likeness (QED) is 0.504. The highest BCUT2D eigenvalue weighted by Gasteiger charge is 2.27. The molecule has 4 rings (SSSR count). The van der Waals surface area contributed by atoms with E-state index in [1.165, 1.54) is 0 Å². The van der Waals surface area contributed by atoms with Crippen molar-refractivity contribution in [1.82, 2.24) is 24.3 Å². The van der Waals surface area contributed by atoms with Crippen LogP contribution in [0.2, 0.25) is 0 Å². The van der Waals surface area contributed by atoms with Crippen LogP contribution in [0.1, 0.15) is 23.1 Å². The molecule has 0 bridgehead atoms. The SMILES string of the molecule is CCOC(=O)c1ncn2c1Cn1c(Br)nnc1-c1ccccc1-2. The molecule has 0 saturated heterocycles. The molecular weight excluding hydrogens is 362 g/mol. The second-order valence-corrected chi connectivity index (χ2v) is 5.74. The van der Waals surface area contributed by atoms with Gasteiger partial charge in [0.25, 0.3) is 0 Å². The van der Waals surface area contributed by atoms with E-state index in [1.54, 1.807) is 13.3 Å².